The van der Waals surface area contributed by atoms with Gasteiger partial charge < -0.3 is 5.73 Å². The van der Waals surface area contributed by atoms with Crippen LogP contribution < -0.4 is 5.73 Å². The Morgan fingerprint density at radius 3 is 2.80 bits per heavy atom. The summed E-state index contributed by atoms with van der Waals surface area (Å²) < 4.78 is 2.06. The molecule has 5 heteroatoms. The minimum Gasteiger partial charge on any atom is -0.330 e. The smallest absolute Gasteiger partial charge is 0.141 e. The SMILES string of the molecule is CC(C)Cn1ncnc1CN(CCCN)C1CCCC1. The van der Waals surface area contributed by atoms with E-state index < -0.39 is 0 Å². The van der Waals surface area contributed by atoms with Crippen molar-refractivity contribution in [2.45, 2.75) is 65.1 Å². The van der Waals surface area contributed by atoms with E-state index in [9.17, 15) is 0 Å². The highest BCUT2D eigenvalue weighted by Gasteiger charge is 2.23. The number of hydrogen-bond acceptors (Lipinski definition) is 4. The third-order valence-corrected chi connectivity index (χ3v) is 4.07. The Labute approximate surface area is 122 Å². The largest absolute Gasteiger partial charge is 0.330 e. The first-order chi connectivity index (χ1) is 9.70. The maximum Gasteiger partial charge on any atom is 0.141 e. The second-order valence-corrected chi connectivity index (χ2v) is 6.30. The van der Waals surface area contributed by atoms with E-state index in [4.69, 9.17) is 5.73 Å². The Morgan fingerprint density at radius 1 is 1.40 bits per heavy atom. The van der Waals surface area contributed by atoms with Crippen LogP contribution in [-0.2, 0) is 13.1 Å². The molecule has 2 N–H and O–H groups in total. The van der Waals surface area contributed by atoms with Crippen LogP contribution in [0.3, 0.4) is 0 Å². The maximum absolute atomic E-state index is 5.68. The van der Waals surface area contributed by atoms with Crippen LogP contribution in [0.5, 0.6) is 0 Å². The van der Waals surface area contributed by atoms with Gasteiger partial charge in [0.25, 0.3) is 0 Å². The lowest BCUT2D eigenvalue weighted by Crippen LogP contribution is -2.35. The summed E-state index contributed by atoms with van der Waals surface area (Å²) in [6, 6.07) is 0.714. The second-order valence-electron chi connectivity index (χ2n) is 6.30. The zero-order chi connectivity index (χ0) is 14.4. The molecular weight excluding hydrogens is 250 g/mol. The molecule has 1 aliphatic carbocycles. The minimum atomic E-state index is 0.597. The number of rotatable bonds is 8. The molecule has 5 nitrogen and oxygen atoms in total. The van der Waals surface area contributed by atoms with Crippen molar-refractivity contribution in [2.24, 2.45) is 11.7 Å². The zero-order valence-electron chi connectivity index (χ0n) is 13.0. The Morgan fingerprint density at radius 2 is 2.15 bits per heavy atom. The van der Waals surface area contributed by atoms with Gasteiger partial charge in [0, 0.05) is 19.1 Å². The van der Waals surface area contributed by atoms with Gasteiger partial charge in [-0.3, -0.25) is 4.90 Å². The zero-order valence-corrected chi connectivity index (χ0v) is 13.0. The molecule has 1 fully saturated rings. The normalized spacial score (nSPS) is 16.6. The highest BCUT2D eigenvalue weighted by atomic mass is 15.4. The van der Waals surface area contributed by atoms with Gasteiger partial charge in [-0.05, 0) is 31.7 Å². The van der Waals surface area contributed by atoms with E-state index >= 15 is 0 Å². The van der Waals surface area contributed by atoms with Gasteiger partial charge in [-0.15, -0.1) is 0 Å². The lowest BCUT2D eigenvalue weighted by Gasteiger charge is -2.28. The summed E-state index contributed by atoms with van der Waals surface area (Å²) in [6.45, 7) is 8.14. The number of aromatic nitrogens is 3. The topological polar surface area (TPSA) is 60.0 Å². The monoisotopic (exact) mass is 279 g/mol. The molecule has 114 valence electrons. The molecule has 1 aromatic heterocycles. The van der Waals surface area contributed by atoms with E-state index in [0.717, 1.165) is 38.4 Å². The van der Waals surface area contributed by atoms with Gasteiger partial charge in [-0.25, -0.2) is 9.67 Å². The summed E-state index contributed by atoms with van der Waals surface area (Å²) >= 11 is 0. The number of hydrogen-bond donors (Lipinski definition) is 1. The van der Waals surface area contributed by atoms with Gasteiger partial charge in [0.1, 0.15) is 12.2 Å². The molecule has 0 bridgehead atoms. The Balaban J connectivity index is 2.00. The minimum absolute atomic E-state index is 0.597. The van der Waals surface area contributed by atoms with Crippen LogP contribution in [0, 0.1) is 5.92 Å². The van der Waals surface area contributed by atoms with Crippen LogP contribution in [0.1, 0.15) is 51.8 Å². The molecule has 0 radical (unpaired) electrons. The van der Waals surface area contributed by atoms with E-state index in [1.54, 1.807) is 6.33 Å². The van der Waals surface area contributed by atoms with E-state index in [1.165, 1.54) is 25.7 Å². The average molecular weight is 279 g/mol. The van der Waals surface area contributed by atoms with Gasteiger partial charge >= 0.3 is 0 Å². The maximum atomic E-state index is 5.68. The molecule has 0 aromatic carbocycles. The van der Waals surface area contributed by atoms with Crippen molar-refractivity contribution in [1.82, 2.24) is 19.7 Å². The summed E-state index contributed by atoms with van der Waals surface area (Å²) in [7, 11) is 0. The highest BCUT2D eigenvalue weighted by molar-refractivity contribution is 4.88. The Kier molecular flexibility index (Phi) is 5.98. The van der Waals surface area contributed by atoms with E-state index in [-0.39, 0.29) is 0 Å². The molecule has 0 aliphatic heterocycles. The lowest BCUT2D eigenvalue weighted by molar-refractivity contribution is 0.180. The standard InChI is InChI=1S/C15H29N5/c1-13(2)10-20-15(17-12-18-20)11-19(9-5-8-16)14-6-3-4-7-14/h12-14H,3-11,16H2,1-2H3. The van der Waals surface area contributed by atoms with Crippen molar-refractivity contribution >= 4 is 0 Å². The fourth-order valence-electron chi connectivity index (χ4n) is 3.05. The summed E-state index contributed by atoms with van der Waals surface area (Å²) in [4.78, 5) is 7.04. The van der Waals surface area contributed by atoms with Crippen molar-refractivity contribution in [3.8, 4) is 0 Å². The molecule has 20 heavy (non-hydrogen) atoms. The van der Waals surface area contributed by atoms with Gasteiger partial charge in [-0.2, -0.15) is 5.10 Å². The molecule has 1 saturated carbocycles. The third-order valence-electron chi connectivity index (χ3n) is 4.07. The summed E-state index contributed by atoms with van der Waals surface area (Å²) in [5, 5.41) is 4.37. The van der Waals surface area contributed by atoms with Crippen LogP contribution in [0.15, 0.2) is 6.33 Å². The number of nitrogens with zero attached hydrogens (tertiary/aromatic N) is 4. The molecule has 0 spiro atoms. The van der Waals surface area contributed by atoms with Crippen LogP contribution >= 0.6 is 0 Å². The summed E-state index contributed by atoms with van der Waals surface area (Å²) in [5.74, 6) is 1.70. The van der Waals surface area contributed by atoms with Crippen LogP contribution in [0.25, 0.3) is 0 Å². The van der Waals surface area contributed by atoms with Crippen molar-refractivity contribution < 1.29 is 0 Å². The molecule has 2 rings (SSSR count). The Bertz CT molecular complexity index is 381. The van der Waals surface area contributed by atoms with E-state index in [1.807, 2.05) is 0 Å². The molecule has 0 saturated heterocycles. The molecule has 1 aromatic rings. The molecule has 1 heterocycles. The second kappa shape index (κ2) is 7.74. The average Bonchev–Trinajstić information content (AvgIpc) is 3.05. The molecule has 0 unspecified atom stereocenters. The summed E-state index contributed by atoms with van der Waals surface area (Å²) in [5.41, 5.74) is 5.68. The highest BCUT2D eigenvalue weighted by Crippen LogP contribution is 2.24. The molecular formula is C15H29N5. The van der Waals surface area contributed by atoms with Gasteiger partial charge in [-0.1, -0.05) is 26.7 Å². The van der Waals surface area contributed by atoms with Crippen LogP contribution in [0.4, 0.5) is 0 Å². The quantitative estimate of drug-likeness (QED) is 0.791. The fourth-order valence-corrected chi connectivity index (χ4v) is 3.05. The Hall–Kier alpha value is -0.940. The molecule has 1 aliphatic rings. The van der Waals surface area contributed by atoms with Gasteiger partial charge in [0.15, 0.2) is 0 Å². The number of nitrogens with two attached hydrogens (primary N) is 1. The predicted octanol–water partition coefficient (Wildman–Crippen LogP) is 2.03. The van der Waals surface area contributed by atoms with Crippen molar-refractivity contribution in [3.63, 3.8) is 0 Å². The van der Waals surface area contributed by atoms with Crippen molar-refractivity contribution in [2.75, 3.05) is 13.1 Å². The summed E-state index contributed by atoms with van der Waals surface area (Å²) in [6.07, 6.45) is 8.12. The van der Waals surface area contributed by atoms with Crippen molar-refractivity contribution in [3.05, 3.63) is 12.2 Å². The first-order valence-electron chi connectivity index (χ1n) is 8.01. The predicted molar refractivity (Wildman–Crippen MR) is 81.2 cm³/mol. The lowest BCUT2D eigenvalue weighted by atomic mass is 10.2. The van der Waals surface area contributed by atoms with Gasteiger partial charge in [0.2, 0.25) is 0 Å². The van der Waals surface area contributed by atoms with Crippen molar-refractivity contribution in [1.29, 1.82) is 0 Å². The first-order valence-corrected chi connectivity index (χ1v) is 8.01. The van der Waals surface area contributed by atoms with Gasteiger partial charge in [0.05, 0.1) is 6.54 Å². The van der Waals surface area contributed by atoms with Crippen LogP contribution in [-0.4, -0.2) is 38.8 Å². The van der Waals surface area contributed by atoms with E-state index in [2.05, 4.69) is 33.5 Å². The first kappa shape index (κ1) is 15.4. The van der Waals surface area contributed by atoms with E-state index in [0.29, 0.717) is 12.0 Å². The molecule has 0 amide bonds. The third kappa shape index (κ3) is 4.28. The molecule has 0 atom stereocenters. The van der Waals surface area contributed by atoms with Crippen LogP contribution in [0.2, 0.25) is 0 Å². The fraction of sp³-hybridized carbons (Fsp3) is 0.867.